The van der Waals surface area contributed by atoms with Crippen LogP contribution in [0.5, 0.6) is 0 Å². The quantitative estimate of drug-likeness (QED) is 0.725. The van der Waals surface area contributed by atoms with Crippen LogP contribution in [0.3, 0.4) is 0 Å². The normalized spacial score (nSPS) is 19.4. The lowest BCUT2D eigenvalue weighted by Crippen LogP contribution is -2.52. The van der Waals surface area contributed by atoms with Gasteiger partial charge in [0.05, 0.1) is 4.90 Å². The monoisotopic (exact) mass is 339 g/mol. The molecule has 2 rings (SSSR count). The van der Waals surface area contributed by atoms with Crippen LogP contribution in [0.25, 0.3) is 0 Å². The first-order valence-electron chi connectivity index (χ1n) is 8.12. The van der Waals surface area contributed by atoms with Gasteiger partial charge in [0.15, 0.2) is 0 Å². The molecule has 0 saturated carbocycles. The second-order valence-electron chi connectivity index (χ2n) is 5.58. The van der Waals surface area contributed by atoms with Gasteiger partial charge in [-0.1, -0.05) is 31.5 Å². The number of hydrogen-bond acceptors (Lipinski definition) is 4. The van der Waals surface area contributed by atoms with E-state index in [0.717, 1.165) is 19.4 Å². The highest BCUT2D eigenvalue weighted by molar-refractivity contribution is 7.89. The van der Waals surface area contributed by atoms with Crippen LogP contribution in [0, 0.1) is 0 Å². The average Bonchev–Trinajstić information content (AvgIpc) is 2.59. The maximum atomic E-state index is 12.8. The number of nitrogens with one attached hydrogen (secondary N) is 2. The molecule has 1 aromatic carbocycles. The first-order valence-corrected chi connectivity index (χ1v) is 9.56. The molecule has 1 atom stereocenters. The van der Waals surface area contributed by atoms with Crippen molar-refractivity contribution in [3.05, 3.63) is 30.3 Å². The molecule has 1 aromatic rings. The van der Waals surface area contributed by atoms with Crippen molar-refractivity contribution in [1.82, 2.24) is 14.9 Å². The van der Waals surface area contributed by atoms with Gasteiger partial charge in [-0.25, -0.2) is 8.42 Å². The van der Waals surface area contributed by atoms with Gasteiger partial charge in [-0.05, 0) is 31.5 Å². The summed E-state index contributed by atoms with van der Waals surface area (Å²) in [6, 6.07) is 7.70. The molecule has 1 unspecified atom stereocenters. The minimum atomic E-state index is -3.63. The molecule has 0 aliphatic carbocycles. The van der Waals surface area contributed by atoms with Crippen molar-refractivity contribution in [3.8, 4) is 0 Å². The van der Waals surface area contributed by atoms with Gasteiger partial charge in [0.1, 0.15) is 6.04 Å². The molecule has 1 aliphatic heterocycles. The van der Waals surface area contributed by atoms with Gasteiger partial charge in [0.25, 0.3) is 0 Å². The molecule has 1 fully saturated rings. The van der Waals surface area contributed by atoms with Crippen molar-refractivity contribution >= 4 is 15.9 Å². The molecule has 0 radical (unpaired) electrons. The Balaban J connectivity index is 2.10. The number of piperidine rings is 1. The van der Waals surface area contributed by atoms with E-state index in [1.165, 1.54) is 4.31 Å². The van der Waals surface area contributed by atoms with Crippen LogP contribution in [0.15, 0.2) is 35.2 Å². The molecule has 1 saturated heterocycles. The van der Waals surface area contributed by atoms with Crippen LogP contribution in [0.1, 0.15) is 26.2 Å². The molecule has 0 spiro atoms. The van der Waals surface area contributed by atoms with Crippen LogP contribution >= 0.6 is 0 Å². The summed E-state index contributed by atoms with van der Waals surface area (Å²) in [6.07, 6.45) is 2.22. The van der Waals surface area contributed by atoms with Gasteiger partial charge in [0.2, 0.25) is 15.9 Å². The summed E-state index contributed by atoms with van der Waals surface area (Å²) in [6.45, 7) is 4.41. The Labute approximate surface area is 138 Å². The van der Waals surface area contributed by atoms with Crippen LogP contribution in [-0.2, 0) is 14.8 Å². The Morgan fingerprint density at radius 1 is 1.22 bits per heavy atom. The Morgan fingerprint density at radius 2 is 1.96 bits per heavy atom. The van der Waals surface area contributed by atoms with Crippen molar-refractivity contribution < 1.29 is 13.2 Å². The van der Waals surface area contributed by atoms with E-state index in [1.54, 1.807) is 30.3 Å². The van der Waals surface area contributed by atoms with Crippen molar-refractivity contribution in [2.45, 2.75) is 37.1 Å². The van der Waals surface area contributed by atoms with Crippen molar-refractivity contribution in [3.63, 3.8) is 0 Å². The molecule has 1 heterocycles. The summed E-state index contributed by atoms with van der Waals surface area (Å²) in [5.41, 5.74) is 0. The first-order chi connectivity index (χ1) is 11.1. The second-order valence-corrected chi connectivity index (χ2v) is 7.48. The number of carbonyl (C=O) groups is 1. The Morgan fingerprint density at radius 3 is 2.65 bits per heavy atom. The molecule has 23 heavy (non-hydrogen) atoms. The van der Waals surface area contributed by atoms with Crippen LogP contribution in [0.4, 0.5) is 0 Å². The van der Waals surface area contributed by atoms with Crippen LogP contribution in [0.2, 0.25) is 0 Å². The van der Waals surface area contributed by atoms with E-state index in [-0.39, 0.29) is 10.8 Å². The Hall–Kier alpha value is -1.44. The zero-order valence-corrected chi connectivity index (χ0v) is 14.3. The third kappa shape index (κ3) is 4.53. The highest BCUT2D eigenvalue weighted by atomic mass is 32.2. The first kappa shape index (κ1) is 17.9. The third-order valence-electron chi connectivity index (χ3n) is 3.96. The topological polar surface area (TPSA) is 78.5 Å². The highest BCUT2D eigenvalue weighted by Crippen LogP contribution is 2.25. The van der Waals surface area contributed by atoms with Gasteiger partial charge in [-0.3, -0.25) is 4.79 Å². The van der Waals surface area contributed by atoms with E-state index in [1.807, 2.05) is 6.92 Å². The van der Waals surface area contributed by atoms with E-state index < -0.39 is 16.1 Å². The van der Waals surface area contributed by atoms with E-state index in [0.29, 0.717) is 26.1 Å². The molecular formula is C16H25N3O3S. The molecule has 0 bridgehead atoms. The molecule has 2 N–H and O–H groups in total. The minimum Gasteiger partial charge on any atom is -0.353 e. The van der Waals surface area contributed by atoms with E-state index in [2.05, 4.69) is 10.6 Å². The number of likely N-dealkylation sites (N-methyl/N-ethyl adjacent to an activating group) is 1. The van der Waals surface area contributed by atoms with Crippen LogP contribution < -0.4 is 10.6 Å². The van der Waals surface area contributed by atoms with Gasteiger partial charge in [0, 0.05) is 19.6 Å². The molecule has 6 nitrogen and oxygen atoms in total. The number of carbonyl (C=O) groups excluding carboxylic acids is 1. The summed E-state index contributed by atoms with van der Waals surface area (Å²) >= 11 is 0. The van der Waals surface area contributed by atoms with E-state index in [9.17, 15) is 13.2 Å². The SMILES string of the molecule is CCNCCNC(=O)C1CCCCN1S(=O)(=O)c1ccccc1. The van der Waals surface area contributed by atoms with E-state index >= 15 is 0 Å². The summed E-state index contributed by atoms with van der Waals surface area (Å²) < 4.78 is 27.0. The summed E-state index contributed by atoms with van der Waals surface area (Å²) in [7, 11) is -3.63. The summed E-state index contributed by atoms with van der Waals surface area (Å²) in [5.74, 6) is -0.206. The number of hydrogen-bond donors (Lipinski definition) is 2. The largest absolute Gasteiger partial charge is 0.353 e. The van der Waals surface area contributed by atoms with Gasteiger partial charge < -0.3 is 10.6 Å². The fourth-order valence-corrected chi connectivity index (χ4v) is 4.43. The number of sulfonamides is 1. The molecule has 128 valence electrons. The maximum Gasteiger partial charge on any atom is 0.243 e. The summed E-state index contributed by atoms with van der Waals surface area (Å²) in [5, 5.41) is 5.96. The molecule has 0 aromatic heterocycles. The third-order valence-corrected chi connectivity index (χ3v) is 5.88. The number of benzene rings is 1. The number of nitrogens with zero attached hydrogens (tertiary/aromatic N) is 1. The lowest BCUT2D eigenvalue weighted by atomic mass is 10.0. The molecule has 1 aliphatic rings. The molecular weight excluding hydrogens is 314 g/mol. The Kier molecular flexibility index (Phi) is 6.56. The predicted octanol–water partition coefficient (Wildman–Crippen LogP) is 0.956. The Bertz CT molecular complexity index is 604. The number of rotatable bonds is 7. The lowest BCUT2D eigenvalue weighted by Gasteiger charge is -2.33. The van der Waals surface area contributed by atoms with Crippen LogP contribution in [-0.4, -0.2) is 50.9 Å². The van der Waals surface area contributed by atoms with Crippen molar-refractivity contribution in [1.29, 1.82) is 0 Å². The van der Waals surface area contributed by atoms with Crippen molar-refractivity contribution in [2.24, 2.45) is 0 Å². The van der Waals surface area contributed by atoms with Gasteiger partial charge in [-0.15, -0.1) is 0 Å². The molecule has 1 amide bonds. The summed E-state index contributed by atoms with van der Waals surface area (Å²) in [4.78, 5) is 12.6. The fraction of sp³-hybridized carbons (Fsp3) is 0.562. The second kappa shape index (κ2) is 8.42. The zero-order valence-electron chi connectivity index (χ0n) is 13.5. The fourth-order valence-electron chi connectivity index (χ4n) is 2.75. The average molecular weight is 339 g/mol. The zero-order chi connectivity index (χ0) is 16.7. The van der Waals surface area contributed by atoms with Gasteiger partial charge >= 0.3 is 0 Å². The maximum absolute atomic E-state index is 12.8. The smallest absolute Gasteiger partial charge is 0.243 e. The lowest BCUT2D eigenvalue weighted by molar-refractivity contribution is -0.125. The molecule has 7 heteroatoms. The standard InChI is InChI=1S/C16H25N3O3S/c1-2-17-11-12-18-16(20)15-10-6-7-13-19(15)23(21,22)14-8-4-3-5-9-14/h3-5,8-9,15,17H,2,6-7,10-13H2,1H3,(H,18,20). The number of amides is 1. The predicted molar refractivity (Wildman–Crippen MR) is 89.5 cm³/mol. The highest BCUT2D eigenvalue weighted by Gasteiger charge is 2.37. The minimum absolute atomic E-state index is 0.206. The van der Waals surface area contributed by atoms with Gasteiger partial charge in [-0.2, -0.15) is 4.31 Å². The van der Waals surface area contributed by atoms with E-state index in [4.69, 9.17) is 0 Å². The van der Waals surface area contributed by atoms with Crippen molar-refractivity contribution in [2.75, 3.05) is 26.2 Å².